The monoisotopic (exact) mass is 421 g/mol. The van der Waals surface area contributed by atoms with Crippen molar-refractivity contribution in [1.82, 2.24) is 4.98 Å². The van der Waals surface area contributed by atoms with Crippen LogP contribution in [-0.2, 0) is 19.1 Å². The molecule has 0 fully saturated rings. The van der Waals surface area contributed by atoms with Crippen molar-refractivity contribution in [3.8, 4) is 0 Å². The molecule has 0 amide bonds. The Bertz CT molecular complexity index is 885. The number of carbonyl (C=O) groups is 3. The zero-order valence-electron chi connectivity index (χ0n) is 15.3. The first kappa shape index (κ1) is 20.0. The predicted molar refractivity (Wildman–Crippen MR) is 100 cm³/mol. The van der Waals surface area contributed by atoms with Gasteiger partial charge in [0, 0.05) is 9.86 Å². The maximum absolute atomic E-state index is 12.7. The molecule has 7 heteroatoms. The van der Waals surface area contributed by atoms with E-state index in [0.29, 0.717) is 16.5 Å². The molecule has 0 aliphatic heterocycles. The highest BCUT2D eigenvalue weighted by Gasteiger charge is 2.32. The fourth-order valence-electron chi connectivity index (χ4n) is 2.54. The summed E-state index contributed by atoms with van der Waals surface area (Å²) in [7, 11) is 1.24. The molecule has 1 heterocycles. The number of rotatable bonds is 4. The topological polar surface area (TPSA) is 82.6 Å². The third-order valence-electron chi connectivity index (χ3n) is 3.56. The molecule has 2 rings (SSSR count). The Morgan fingerprint density at radius 2 is 1.81 bits per heavy atom. The average Bonchev–Trinajstić information content (AvgIpc) is 2.52. The molecule has 1 atom stereocenters. The third kappa shape index (κ3) is 4.46. The number of methoxy groups -OCH3 is 1. The van der Waals surface area contributed by atoms with Crippen LogP contribution in [0.4, 0.5) is 0 Å². The molecular formula is C19H20BrNO5. The number of ether oxygens (including phenoxy) is 2. The summed E-state index contributed by atoms with van der Waals surface area (Å²) in [6, 6.07) is 6.62. The molecule has 1 aromatic carbocycles. The lowest BCUT2D eigenvalue weighted by Crippen LogP contribution is -2.31. The van der Waals surface area contributed by atoms with Gasteiger partial charge in [-0.2, -0.15) is 0 Å². The maximum atomic E-state index is 12.7. The van der Waals surface area contributed by atoms with Gasteiger partial charge in [-0.25, -0.2) is 9.78 Å². The Labute approximate surface area is 160 Å². The van der Waals surface area contributed by atoms with Gasteiger partial charge < -0.3 is 9.47 Å². The number of fused-ring (bicyclic) bond motifs is 1. The van der Waals surface area contributed by atoms with Crippen LogP contribution in [0.15, 0.2) is 28.7 Å². The minimum Gasteiger partial charge on any atom is -0.464 e. The van der Waals surface area contributed by atoms with Gasteiger partial charge >= 0.3 is 11.9 Å². The summed E-state index contributed by atoms with van der Waals surface area (Å²) in [5, 5.41) is 0.582. The van der Waals surface area contributed by atoms with E-state index in [0.717, 1.165) is 4.47 Å². The van der Waals surface area contributed by atoms with E-state index in [1.807, 2.05) is 0 Å². The molecule has 138 valence electrons. The van der Waals surface area contributed by atoms with Gasteiger partial charge in [0.05, 0.1) is 12.6 Å². The summed E-state index contributed by atoms with van der Waals surface area (Å²) in [5.74, 6) is -2.88. The van der Waals surface area contributed by atoms with Crippen LogP contribution >= 0.6 is 15.9 Å². The normalized spacial score (nSPS) is 12.5. The Morgan fingerprint density at radius 3 is 2.35 bits per heavy atom. The van der Waals surface area contributed by atoms with Crippen molar-refractivity contribution in [3.05, 3.63) is 40.0 Å². The Hall–Kier alpha value is -2.28. The Morgan fingerprint density at radius 1 is 1.15 bits per heavy atom. The van der Waals surface area contributed by atoms with Crippen molar-refractivity contribution < 1.29 is 23.9 Å². The number of carbonyl (C=O) groups excluding carboxylic acids is 3. The lowest BCUT2D eigenvalue weighted by Gasteiger charge is -2.24. The van der Waals surface area contributed by atoms with Crippen molar-refractivity contribution >= 4 is 44.6 Å². The molecule has 0 saturated carbocycles. The van der Waals surface area contributed by atoms with Crippen molar-refractivity contribution in [2.24, 2.45) is 0 Å². The van der Waals surface area contributed by atoms with Gasteiger partial charge in [0.25, 0.3) is 0 Å². The lowest BCUT2D eigenvalue weighted by molar-refractivity contribution is -0.158. The summed E-state index contributed by atoms with van der Waals surface area (Å²) in [5.41, 5.74) is 0.103. The van der Waals surface area contributed by atoms with Crippen LogP contribution < -0.4 is 0 Å². The van der Waals surface area contributed by atoms with Gasteiger partial charge in [0.1, 0.15) is 23.0 Å². The fourth-order valence-corrected chi connectivity index (χ4v) is 2.91. The van der Waals surface area contributed by atoms with Crippen LogP contribution in [0.3, 0.4) is 0 Å². The van der Waals surface area contributed by atoms with Gasteiger partial charge in [-0.15, -0.1) is 0 Å². The number of ketones is 1. The number of Topliss-reactive ketones (excluding diaryl/α,β-unsaturated/α-hetero) is 1. The van der Waals surface area contributed by atoms with Crippen LogP contribution in [0.2, 0.25) is 0 Å². The minimum absolute atomic E-state index is 0.0205. The van der Waals surface area contributed by atoms with E-state index in [-0.39, 0.29) is 11.5 Å². The van der Waals surface area contributed by atoms with E-state index in [1.165, 1.54) is 20.1 Å². The molecule has 0 saturated heterocycles. The first-order valence-electron chi connectivity index (χ1n) is 7.95. The smallest absolute Gasteiger partial charge is 0.356 e. The van der Waals surface area contributed by atoms with Crippen molar-refractivity contribution in [2.45, 2.75) is 39.2 Å². The lowest BCUT2D eigenvalue weighted by atomic mass is 9.91. The summed E-state index contributed by atoms with van der Waals surface area (Å²) in [4.78, 5) is 41.2. The molecule has 1 unspecified atom stereocenters. The molecule has 0 aliphatic carbocycles. The zero-order chi connectivity index (χ0) is 19.6. The number of esters is 2. The van der Waals surface area contributed by atoms with Crippen molar-refractivity contribution in [1.29, 1.82) is 0 Å². The molecule has 1 aromatic heterocycles. The molecule has 0 radical (unpaired) electrons. The first-order chi connectivity index (χ1) is 12.0. The van der Waals surface area contributed by atoms with E-state index < -0.39 is 23.5 Å². The second-order valence-corrected chi connectivity index (χ2v) is 7.74. The molecule has 2 aromatic rings. The van der Waals surface area contributed by atoms with E-state index >= 15 is 0 Å². The Balaban J connectivity index is 2.73. The zero-order valence-corrected chi connectivity index (χ0v) is 16.8. The van der Waals surface area contributed by atoms with E-state index in [1.54, 1.807) is 39.0 Å². The van der Waals surface area contributed by atoms with Crippen LogP contribution in [-0.4, -0.2) is 35.4 Å². The summed E-state index contributed by atoms with van der Waals surface area (Å²) >= 11 is 3.38. The molecule has 0 aliphatic rings. The van der Waals surface area contributed by atoms with Gasteiger partial charge in [-0.05, 0) is 57.5 Å². The third-order valence-corrected chi connectivity index (χ3v) is 4.05. The summed E-state index contributed by atoms with van der Waals surface area (Å²) in [6.07, 6.45) is 0. The second-order valence-electron chi connectivity index (χ2n) is 6.83. The molecule has 0 bridgehead atoms. The predicted octanol–water partition coefficient (Wildman–Crippen LogP) is 3.80. The van der Waals surface area contributed by atoms with E-state index in [4.69, 9.17) is 9.47 Å². The van der Waals surface area contributed by atoms with Gasteiger partial charge in [0.2, 0.25) is 0 Å². The number of nitrogens with zero attached hydrogens (tertiary/aromatic N) is 1. The standard InChI is InChI=1S/C19H20BrNO5/c1-10(22)16(18(24)26-19(2,3)4)13-9-15(17(23)25-5)21-14-7-6-11(20)8-12(13)14/h6-9,16H,1-5H3. The highest BCUT2D eigenvalue weighted by molar-refractivity contribution is 9.10. The first-order valence-corrected chi connectivity index (χ1v) is 8.74. The number of pyridine rings is 1. The van der Waals surface area contributed by atoms with Crippen LogP contribution in [0.1, 0.15) is 49.7 Å². The molecule has 0 spiro atoms. The van der Waals surface area contributed by atoms with Crippen LogP contribution in [0, 0.1) is 0 Å². The van der Waals surface area contributed by atoms with E-state index in [9.17, 15) is 14.4 Å². The highest BCUT2D eigenvalue weighted by atomic mass is 79.9. The van der Waals surface area contributed by atoms with Gasteiger partial charge in [0.15, 0.2) is 0 Å². The van der Waals surface area contributed by atoms with Crippen LogP contribution in [0.25, 0.3) is 10.9 Å². The van der Waals surface area contributed by atoms with Crippen LogP contribution in [0.5, 0.6) is 0 Å². The molecule has 6 nitrogen and oxygen atoms in total. The highest BCUT2D eigenvalue weighted by Crippen LogP contribution is 2.31. The Kier molecular flexibility index (Phi) is 5.81. The van der Waals surface area contributed by atoms with Crippen molar-refractivity contribution in [2.75, 3.05) is 7.11 Å². The van der Waals surface area contributed by atoms with Gasteiger partial charge in [-0.3, -0.25) is 9.59 Å². The summed E-state index contributed by atoms with van der Waals surface area (Å²) < 4.78 is 10.9. The fraction of sp³-hybridized carbons (Fsp3) is 0.368. The number of hydrogen-bond donors (Lipinski definition) is 0. The number of halogens is 1. The number of aromatic nitrogens is 1. The number of hydrogen-bond acceptors (Lipinski definition) is 6. The quantitative estimate of drug-likeness (QED) is 0.551. The molecular weight excluding hydrogens is 402 g/mol. The van der Waals surface area contributed by atoms with Gasteiger partial charge in [-0.1, -0.05) is 15.9 Å². The largest absolute Gasteiger partial charge is 0.464 e. The summed E-state index contributed by atoms with van der Waals surface area (Å²) in [6.45, 7) is 6.49. The molecule has 26 heavy (non-hydrogen) atoms. The second kappa shape index (κ2) is 7.53. The van der Waals surface area contributed by atoms with Crippen molar-refractivity contribution in [3.63, 3.8) is 0 Å². The minimum atomic E-state index is -1.17. The molecule has 0 N–H and O–H groups in total. The SMILES string of the molecule is COC(=O)c1cc(C(C(C)=O)C(=O)OC(C)(C)C)c2cc(Br)ccc2n1. The maximum Gasteiger partial charge on any atom is 0.356 e. The number of benzene rings is 1. The average molecular weight is 422 g/mol. The van der Waals surface area contributed by atoms with E-state index in [2.05, 4.69) is 20.9 Å².